The van der Waals surface area contributed by atoms with Crippen LogP contribution >= 0.6 is 31.9 Å². The van der Waals surface area contributed by atoms with Gasteiger partial charge in [0.2, 0.25) is 0 Å². The molecule has 5 aliphatic rings. The molecule has 0 spiro atoms. The van der Waals surface area contributed by atoms with E-state index in [0.717, 1.165) is 22.7 Å². The molecule has 1 aliphatic heterocycles. The van der Waals surface area contributed by atoms with Crippen molar-refractivity contribution >= 4 is 61.5 Å². The number of anilines is 1. The van der Waals surface area contributed by atoms with E-state index in [0.29, 0.717) is 25.9 Å². The standard InChI is InChI=1S/C28H26Br2N2O4/c1-36-24-22(29)10-15(11-23(24)30)9-21-25(33)31-27(35)32(26(21)34)20-4-2-19(3-5-20)28-12-16-6-17(13-28)8-18(7-16)14-28/h2-5,9-11,16-18H,6-8,12-14H2,1H3,(H,31,33,35)/b21-9+. The average Bonchev–Trinajstić information content (AvgIpc) is 2.81. The van der Waals surface area contributed by atoms with E-state index in [2.05, 4.69) is 49.3 Å². The molecule has 0 radical (unpaired) electrons. The number of rotatable bonds is 4. The molecule has 1 heterocycles. The van der Waals surface area contributed by atoms with Crippen molar-refractivity contribution in [1.82, 2.24) is 5.32 Å². The summed E-state index contributed by atoms with van der Waals surface area (Å²) in [4.78, 5) is 39.8. The predicted molar refractivity (Wildman–Crippen MR) is 144 cm³/mol. The van der Waals surface area contributed by atoms with Gasteiger partial charge in [-0.05, 0) is 135 Å². The SMILES string of the molecule is COc1c(Br)cc(/C=C2\C(=O)NC(=O)N(c3ccc(C45CC6CC(CC(C6)C4)C5)cc3)C2=O)cc1Br. The summed E-state index contributed by atoms with van der Waals surface area (Å²) >= 11 is 6.88. The molecule has 1 saturated heterocycles. The van der Waals surface area contributed by atoms with Gasteiger partial charge < -0.3 is 4.74 Å². The molecule has 8 heteroatoms. The second-order valence-electron chi connectivity index (χ2n) is 10.7. The average molecular weight is 614 g/mol. The minimum atomic E-state index is -0.734. The van der Waals surface area contributed by atoms with E-state index in [1.54, 1.807) is 19.2 Å². The van der Waals surface area contributed by atoms with Crippen molar-refractivity contribution in [1.29, 1.82) is 0 Å². The van der Waals surface area contributed by atoms with Gasteiger partial charge in [0.25, 0.3) is 11.8 Å². The highest BCUT2D eigenvalue weighted by molar-refractivity contribution is 9.11. The number of urea groups is 1. The molecule has 186 valence electrons. The first-order valence-electron chi connectivity index (χ1n) is 12.3. The van der Waals surface area contributed by atoms with Gasteiger partial charge >= 0.3 is 6.03 Å². The highest BCUT2D eigenvalue weighted by Crippen LogP contribution is 2.60. The Morgan fingerprint density at radius 3 is 2.03 bits per heavy atom. The van der Waals surface area contributed by atoms with E-state index >= 15 is 0 Å². The number of methoxy groups -OCH3 is 1. The highest BCUT2D eigenvalue weighted by Gasteiger charge is 2.51. The van der Waals surface area contributed by atoms with Crippen molar-refractivity contribution in [2.24, 2.45) is 17.8 Å². The van der Waals surface area contributed by atoms with Crippen LogP contribution in [0.25, 0.3) is 6.08 Å². The largest absolute Gasteiger partial charge is 0.494 e. The Bertz CT molecular complexity index is 1260. The lowest BCUT2D eigenvalue weighted by Gasteiger charge is -2.57. The van der Waals surface area contributed by atoms with Crippen LogP contribution in [0.4, 0.5) is 10.5 Å². The Labute approximate surface area is 226 Å². The molecular weight excluding hydrogens is 588 g/mol. The molecule has 2 aromatic carbocycles. The van der Waals surface area contributed by atoms with Gasteiger partial charge in [-0.1, -0.05) is 12.1 Å². The Hall–Kier alpha value is -2.45. The zero-order chi connectivity index (χ0) is 25.2. The van der Waals surface area contributed by atoms with E-state index in [4.69, 9.17) is 4.74 Å². The quantitative estimate of drug-likeness (QED) is 0.322. The van der Waals surface area contributed by atoms with Crippen LogP contribution in [0.15, 0.2) is 50.9 Å². The van der Waals surface area contributed by atoms with Crippen LogP contribution < -0.4 is 15.0 Å². The van der Waals surface area contributed by atoms with Gasteiger partial charge in [0, 0.05) is 0 Å². The van der Waals surface area contributed by atoms with E-state index < -0.39 is 17.8 Å². The first kappa shape index (κ1) is 23.9. The minimum absolute atomic E-state index is 0.108. The van der Waals surface area contributed by atoms with Crippen LogP contribution in [-0.4, -0.2) is 25.0 Å². The normalized spacial score (nSPS) is 30.2. The van der Waals surface area contributed by atoms with Crippen molar-refractivity contribution in [2.45, 2.75) is 43.9 Å². The van der Waals surface area contributed by atoms with Gasteiger partial charge in [-0.3, -0.25) is 14.9 Å². The van der Waals surface area contributed by atoms with Crippen molar-refractivity contribution in [3.63, 3.8) is 0 Å². The first-order chi connectivity index (χ1) is 17.3. The monoisotopic (exact) mass is 612 g/mol. The third-order valence-electron chi connectivity index (χ3n) is 8.41. The Morgan fingerprint density at radius 1 is 0.944 bits per heavy atom. The van der Waals surface area contributed by atoms with Gasteiger partial charge in [0.15, 0.2) is 0 Å². The number of barbiturate groups is 1. The summed E-state index contributed by atoms with van der Waals surface area (Å²) in [5, 5.41) is 2.31. The van der Waals surface area contributed by atoms with E-state index in [-0.39, 0.29) is 11.0 Å². The van der Waals surface area contributed by atoms with E-state index in [9.17, 15) is 14.4 Å². The maximum Gasteiger partial charge on any atom is 0.335 e. The molecule has 7 rings (SSSR count). The molecule has 4 bridgehead atoms. The topological polar surface area (TPSA) is 75.7 Å². The number of ether oxygens (including phenoxy) is 1. The van der Waals surface area contributed by atoms with Gasteiger partial charge in [0.1, 0.15) is 11.3 Å². The fourth-order valence-electron chi connectivity index (χ4n) is 7.34. The molecule has 2 aromatic rings. The molecule has 5 fully saturated rings. The number of hydrogen-bond donors (Lipinski definition) is 1. The number of amides is 4. The number of imide groups is 2. The maximum atomic E-state index is 13.4. The Kier molecular flexibility index (Phi) is 5.87. The zero-order valence-corrected chi connectivity index (χ0v) is 23.0. The number of nitrogens with zero attached hydrogens (tertiary/aromatic N) is 1. The van der Waals surface area contributed by atoms with Crippen LogP contribution in [0.5, 0.6) is 5.75 Å². The molecule has 4 amide bonds. The van der Waals surface area contributed by atoms with Crippen molar-refractivity contribution in [3.05, 3.63) is 62.0 Å². The Morgan fingerprint density at radius 2 is 1.50 bits per heavy atom. The van der Waals surface area contributed by atoms with Gasteiger partial charge in [0.05, 0.1) is 21.7 Å². The molecule has 36 heavy (non-hydrogen) atoms. The molecule has 0 atom stereocenters. The van der Waals surface area contributed by atoms with E-state index in [1.807, 2.05) is 12.1 Å². The maximum absolute atomic E-state index is 13.4. The lowest BCUT2D eigenvalue weighted by atomic mass is 9.48. The van der Waals surface area contributed by atoms with Crippen LogP contribution in [0.1, 0.15) is 49.7 Å². The minimum Gasteiger partial charge on any atom is -0.494 e. The zero-order valence-electron chi connectivity index (χ0n) is 19.9. The molecule has 1 N–H and O–H groups in total. The summed E-state index contributed by atoms with van der Waals surface area (Å²) in [5.41, 5.74) is 2.51. The first-order valence-corrected chi connectivity index (χ1v) is 13.9. The van der Waals surface area contributed by atoms with Crippen molar-refractivity contribution in [2.75, 3.05) is 12.0 Å². The fourth-order valence-corrected chi connectivity index (χ4v) is 8.89. The summed E-state index contributed by atoms with van der Waals surface area (Å²) in [6, 6.07) is 10.6. The molecule has 6 nitrogen and oxygen atoms in total. The number of carbonyl (C=O) groups excluding carboxylic acids is 3. The Balaban J connectivity index is 1.29. The number of carbonyl (C=O) groups is 3. The number of hydrogen-bond acceptors (Lipinski definition) is 4. The number of nitrogens with one attached hydrogen (secondary N) is 1. The summed E-state index contributed by atoms with van der Waals surface area (Å²) in [6.45, 7) is 0. The third kappa shape index (κ3) is 3.93. The number of benzene rings is 2. The predicted octanol–water partition coefficient (Wildman–Crippen LogP) is 6.35. The van der Waals surface area contributed by atoms with Crippen LogP contribution in [-0.2, 0) is 15.0 Å². The third-order valence-corrected chi connectivity index (χ3v) is 9.59. The van der Waals surface area contributed by atoms with Gasteiger partial charge in [-0.2, -0.15) is 0 Å². The smallest absolute Gasteiger partial charge is 0.335 e. The van der Waals surface area contributed by atoms with Crippen LogP contribution in [0.2, 0.25) is 0 Å². The molecule has 4 aliphatic carbocycles. The summed E-state index contributed by atoms with van der Waals surface area (Å²) in [5.74, 6) is 1.75. The van der Waals surface area contributed by atoms with Crippen LogP contribution in [0.3, 0.4) is 0 Å². The second-order valence-corrected chi connectivity index (χ2v) is 12.4. The van der Waals surface area contributed by atoms with E-state index in [1.165, 1.54) is 50.2 Å². The number of halogens is 2. The summed E-state index contributed by atoms with van der Waals surface area (Å²) < 4.78 is 6.66. The molecule has 0 unspecified atom stereocenters. The van der Waals surface area contributed by atoms with Gasteiger partial charge in [-0.15, -0.1) is 0 Å². The molecule has 4 saturated carbocycles. The molecular formula is C28H26Br2N2O4. The second kappa shape index (κ2) is 8.84. The highest BCUT2D eigenvalue weighted by atomic mass is 79.9. The summed E-state index contributed by atoms with van der Waals surface area (Å²) in [6.07, 6.45) is 9.36. The molecule has 0 aromatic heterocycles. The lowest BCUT2D eigenvalue weighted by molar-refractivity contribution is -0.122. The van der Waals surface area contributed by atoms with Crippen molar-refractivity contribution < 1.29 is 19.1 Å². The van der Waals surface area contributed by atoms with Crippen molar-refractivity contribution in [3.8, 4) is 5.75 Å². The van der Waals surface area contributed by atoms with Gasteiger partial charge in [-0.25, -0.2) is 9.69 Å². The lowest BCUT2D eigenvalue weighted by Crippen LogP contribution is -2.54. The summed E-state index contributed by atoms with van der Waals surface area (Å²) in [7, 11) is 1.55. The van der Waals surface area contributed by atoms with Crippen LogP contribution in [0, 0.1) is 17.8 Å². The fraction of sp³-hybridized carbons (Fsp3) is 0.393.